The Labute approximate surface area is 371 Å². The molecule has 8 rings (SSSR count). The van der Waals surface area contributed by atoms with Gasteiger partial charge in [-0.15, -0.1) is 0 Å². The number of aromatic amines is 2. The van der Waals surface area contributed by atoms with Crippen molar-refractivity contribution in [2.24, 2.45) is 17.8 Å². The summed E-state index contributed by atoms with van der Waals surface area (Å²) in [5.74, 6) is 1.89. The molecule has 4 N–H and O–H groups in total. The van der Waals surface area contributed by atoms with Gasteiger partial charge in [0, 0.05) is 44.2 Å². The monoisotopic (exact) mass is 878 g/mol. The third-order valence-electron chi connectivity index (χ3n) is 13.3. The molecular formula is C47H58N8O9. The maximum absolute atomic E-state index is 14.1. The van der Waals surface area contributed by atoms with Crippen LogP contribution in [0.5, 0.6) is 5.75 Å². The molecule has 8 atom stereocenters. The number of hydrogen-bond acceptors (Lipinski definition) is 11. The number of ether oxygens (including phenoxy) is 5. The molecule has 17 nitrogen and oxygen atoms in total. The van der Waals surface area contributed by atoms with Crippen molar-refractivity contribution in [3.8, 4) is 28.1 Å². The number of rotatable bonds is 13. The van der Waals surface area contributed by atoms with Crippen LogP contribution in [-0.2, 0) is 35.1 Å². The zero-order chi connectivity index (χ0) is 45.4. The van der Waals surface area contributed by atoms with Gasteiger partial charge in [-0.3, -0.25) is 9.59 Å². The molecule has 4 amide bonds. The van der Waals surface area contributed by atoms with Crippen molar-refractivity contribution in [3.63, 3.8) is 0 Å². The van der Waals surface area contributed by atoms with Gasteiger partial charge in [-0.2, -0.15) is 0 Å². The van der Waals surface area contributed by atoms with Crippen molar-refractivity contribution >= 4 is 45.8 Å². The minimum absolute atomic E-state index is 0.0552. The van der Waals surface area contributed by atoms with Gasteiger partial charge in [0.1, 0.15) is 36.1 Å². The minimum Gasteiger partial charge on any atom is -0.488 e. The van der Waals surface area contributed by atoms with Crippen LogP contribution >= 0.6 is 0 Å². The standard InChI is InChI=1S/C47H58N8O9/c1-9-25(3)39(52-46(58)62-7)44(56)54-20-24(2)14-36(54)42-48-19-35(50-42)29-10-12-31-30(16-29)23-64-38-18-32-28(17-33(31)38)11-13-34-41(32)51-43(49-34)37-15-27(22-60-5)21-55(37)45(57)40(26(4)61-6)53-47(59)63-8/h10-13,16-19,24-27,36-37,39-40H,9,14-15,20-23H2,1-8H3,(H,48,50)(H,49,51)(H,52,58)(H,53,59)/t24-,25?,26?,27-,36?,37-,39-,40-/m0/s1. The number of aromatic nitrogens is 4. The number of carbonyl (C=O) groups excluding carboxylic acids is 4. The summed E-state index contributed by atoms with van der Waals surface area (Å²) in [6, 6.07) is 12.2. The topological polar surface area (TPSA) is 202 Å². The molecule has 3 aromatic carbocycles. The number of fused-ring (bicyclic) bond motifs is 6. The number of methoxy groups -OCH3 is 4. The van der Waals surface area contributed by atoms with E-state index in [2.05, 4.69) is 57.9 Å². The van der Waals surface area contributed by atoms with E-state index in [1.807, 2.05) is 37.1 Å². The summed E-state index contributed by atoms with van der Waals surface area (Å²) in [6.45, 7) is 9.62. The molecule has 64 heavy (non-hydrogen) atoms. The van der Waals surface area contributed by atoms with Crippen molar-refractivity contribution in [2.75, 3.05) is 48.1 Å². The molecular weight excluding hydrogens is 821 g/mol. The predicted molar refractivity (Wildman–Crippen MR) is 238 cm³/mol. The second-order valence-electron chi connectivity index (χ2n) is 17.5. The first-order chi connectivity index (χ1) is 30.8. The smallest absolute Gasteiger partial charge is 0.407 e. The lowest BCUT2D eigenvalue weighted by molar-refractivity contribution is -0.138. The Bertz CT molecular complexity index is 2560. The summed E-state index contributed by atoms with van der Waals surface area (Å²) < 4.78 is 27.1. The van der Waals surface area contributed by atoms with E-state index in [-0.39, 0.29) is 35.6 Å². The van der Waals surface area contributed by atoms with Crippen molar-refractivity contribution in [1.29, 1.82) is 0 Å². The van der Waals surface area contributed by atoms with Crippen LogP contribution in [0, 0.1) is 17.8 Å². The van der Waals surface area contributed by atoms with E-state index >= 15 is 0 Å². The van der Waals surface area contributed by atoms with Gasteiger partial charge in [0.05, 0.1) is 61.9 Å². The van der Waals surface area contributed by atoms with E-state index in [9.17, 15) is 19.2 Å². The highest BCUT2D eigenvalue weighted by molar-refractivity contribution is 6.07. The molecule has 3 unspecified atom stereocenters. The fourth-order valence-electron chi connectivity index (χ4n) is 9.55. The summed E-state index contributed by atoms with van der Waals surface area (Å²) in [5.41, 5.74) is 6.44. The molecule has 0 radical (unpaired) electrons. The number of carbonyl (C=O) groups is 4. The maximum atomic E-state index is 14.1. The Hall–Kier alpha value is -6.20. The summed E-state index contributed by atoms with van der Waals surface area (Å²) in [5, 5.41) is 7.36. The zero-order valence-electron chi connectivity index (χ0n) is 37.7. The Morgan fingerprint density at radius 3 is 2.30 bits per heavy atom. The third kappa shape index (κ3) is 8.45. The van der Waals surface area contributed by atoms with Crippen LogP contribution in [0.25, 0.3) is 44.2 Å². The van der Waals surface area contributed by atoms with Crippen LogP contribution in [0.3, 0.4) is 0 Å². The van der Waals surface area contributed by atoms with Gasteiger partial charge in [0.2, 0.25) is 11.8 Å². The fourth-order valence-corrected chi connectivity index (χ4v) is 9.55. The van der Waals surface area contributed by atoms with Crippen molar-refractivity contribution in [3.05, 3.63) is 65.9 Å². The molecule has 0 aliphatic carbocycles. The molecule has 2 fully saturated rings. The molecule has 2 saturated heterocycles. The van der Waals surface area contributed by atoms with Crippen LogP contribution in [-0.4, -0.2) is 120 Å². The summed E-state index contributed by atoms with van der Waals surface area (Å²) in [4.78, 5) is 73.1. The number of hydrogen-bond donors (Lipinski definition) is 4. The molecule has 17 heteroatoms. The Morgan fingerprint density at radius 1 is 0.859 bits per heavy atom. The Morgan fingerprint density at radius 2 is 1.58 bits per heavy atom. The van der Waals surface area contributed by atoms with Gasteiger partial charge in [0.15, 0.2) is 0 Å². The van der Waals surface area contributed by atoms with Gasteiger partial charge in [-0.25, -0.2) is 19.6 Å². The molecule has 3 aliphatic heterocycles. The lowest BCUT2D eigenvalue weighted by Gasteiger charge is -2.30. The van der Waals surface area contributed by atoms with Crippen LogP contribution in [0.4, 0.5) is 9.59 Å². The molecule has 0 spiro atoms. The molecule has 0 bridgehead atoms. The summed E-state index contributed by atoms with van der Waals surface area (Å²) >= 11 is 0. The minimum atomic E-state index is -0.971. The van der Waals surface area contributed by atoms with Gasteiger partial charge in [-0.05, 0) is 77.9 Å². The van der Waals surface area contributed by atoms with Gasteiger partial charge in [-0.1, -0.05) is 45.4 Å². The first kappa shape index (κ1) is 44.4. The SMILES string of the molecule is CCC(C)[C@H](NC(=O)OC)C(=O)N1C[C@@H](C)CC1c1ncc(-c2ccc3c(c2)COc2cc4c(ccc5nc([C@@H]6C[C@H](COC)CN6C(=O)[C@@H](NC(=O)OC)C(C)OC)[nH]c54)cc2-3)[nH]1. The average Bonchev–Trinajstić information content (AvgIpc) is 4.14. The van der Waals surface area contributed by atoms with E-state index in [4.69, 9.17) is 33.7 Å². The predicted octanol–water partition coefficient (Wildman–Crippen LogP) is 6.64. The maximum Gasteiger partial charge on any atom is 0.407 e. The number of imidazole rings is 2. The molecule has 5 aromatic rings. The first-order valence-corrected chi connectivity index (χ1v) is 21.9. The highest BCUT2D eigenvalue weighted by Crippen LogP contribution is 2.44. The van der Waals surface area contributed by atoms with Crippen molar-refractivity contribution < 1.29 is 42.9 Å². The van der Waals surface area contributed by atoms with Crippen molar-refractivity contribution in [1.82, 2.24) is 40.4 Å². The van der Waals surface area contributed by atoms with E-state index in [0.717, 1.165) is 61.9 Å². The fraction of sp³-hybridized carbons (Fsp3) is 0.489. The van der Waals surface area contributed by atoms with Crippen LogP contribution in [0.2, 0.25) is 0 Å². The number of amides is 4. The Balaban J connectivity index is 1.05. The number of alkyl carbamates (subject to hydrolysis) is 2. The van der Waals surface area contributed by atoms with E-state index < -0.39 is 36.4 Å². The summed E-state index contributed by atoms with van der Waals surface area (Å²) in [6.07, 6.45) is 1.94. The lowest BCUT2D eigenvalue weighted by atomic mass is 9.92. The number of likely N-dealkylation sites (tertiary alicyclic amines) is 2. The Kier molecular flexibility index (Phi) is 12.8. The van der Waals surface area contributed by atoms with Gasteiger partial charge in [0.25, 0.3) is 0 Å². The number of nitrogens with one attached hydrogen (secondary N) is 4. The molecule has 3 aliphatic rings. The van der Waals surface area contributed by atoms with Crippen LogP contribution in [0.15, 0.2) is 48.7 Å². The third-order valence-corrected chi connectivity index (χ3v) is 13.3. The average molecular weight is 879 g/mol. The quantitative estimate of drug-likeness (QED) is 0.0988. The zero-order valence-corrected chi connectivity index (χ0v) is 37.7. The van der Waals surface area contributed by atoms with Crippen molar-refractivity contribution in [2.45, 2.75) is 83.8 Å². The second-order valence-corrected chi connectivity index (χ2v) is 17.5. The highest BCUT2D eigenvalue weighted by atomic mass is 16.5. The van der Waals surface area contributed by atoms with Gasteiger partial charge < -0.3 is 54.1 Å². The molecule has 340 valence electrons. The van der Waals surface area contributed by atoms with E-state index in [1.54, 1.807) is 18.9 Å². The highest BCUT2D eigenvalue weighted by Gasteiger charge is 2.43. The van der Waals surface area contributed by atoms with E-state index in [1.165, 1.54) is 21.3 Å². The molecule has 2 aromatic heterocycles. The van der Waals surface area contributed by atoms with Gasteiger partial charge >= 0.3 is 12.2 Å². The number of H-pyrrole nitrogens is 2. The lowest BCUT2D eigenvalue weighted by Crippen LogP contribution is -2.54. The number of nitrogens with zero attached hydrogens (tertiary/aromatic N) is 4. The molecule has 0 saturated carbocycles. The first-order valence-electron chi connectivity index (χ1n) is 21.9. The summed E-state index contributed by atoms with van der Waals surface area (Å²) in [7, 11) is 5.69. The second kappa shape index (κ2) is 18.5. The number of benzene rings is 3. The normalized spacial score (nSPS) is 21.1. The van der Waals surface area contributed by atoms with E-state index in [0.29, 0.717) is 50.8 Å². The molecule has 5 heterocycles. The van der Waals surface area contributed by atoms with Crippen LogP contribution < -0.4 is 15.4 Å². The largest absolute Gasteiger partial charge is 0.488 e. The van der Waals surface area contributed by atoms with Crippen LogP contribution in [0.1, 0.15) is 76.3 Å².